The van der Waals surface area contributed by atoms with Gasteiger partial charge in [-0.1, -0.05) is 27.7 Å². The normalized spacial score (nSPS) is 63.3. The summed E-state index contributed by atoms with van der Waals surface area (Å²) in [6, 6.07) is 0. The van der Waals surface area contributed by atoms with Gasteiger partial charge < -0.3 is 19.7 Å². The smallest absolute Gasteiger partial charge is 0.171 e. The minimum Gasteiger partial charge on any atom is -0.393 e. The third kappa shape index (κ3) is 2.80. The van der Waals surface area contributed by atoms with Gasteiger partial charge in [0, 0.05) is 12.3 Å². The van der Waals surface area contributed by atoms with Crippen LogP contribution in [-0.2, 0) is 9.47 Å². The number of aliphatic hydroxyl groups is 2. The summed E-state index contributed by atoms with van der Waals surface area (Å²) in [7, 11) is 0. The van der Waals surface area contributed by atoms with E-state index >= 15 is 0 Å². The molecule has 13 atom stereocenters. The number of rotatable bonds is 0. The van der Waals surface area contributed by atoms with Gasteiger partial charge in [0.2, 0.25) is 0 Å². The Hall–Kier alpha value is -0.160. The predicted molar refractivity (Wildman–Crippen MR) is 119 cm³/mol. The average molecular weight is 433 g/mol. The lowest BCUT2D eigenvalue weighted by Gasteiger charge is -2.62. The third-order valence-corrected chi connectivity index (χ3v) is 11.9. The van der Waals surface area contributed by atoms with E-state index in [2.05, 4.69) is 27.7 Å². The van der Waals surface area contributed by atoms with Gasteiger partial charge >= 0.3 is 0 Å². The van der Waals surface area contributed by atoms with Crippen molar-refractivity contribution in [3.8, 4) is 0 Å². The van der Waals surface area contributed by atoms with Crippen molar-refractivity contribution in [2.75, 3.05) is 6.61 Å². The maximum atomic E-state index is 11.2. The number of fused-ring (bicyclic) bond motifs is 7. The molecule has 0 bridgehead atoms. The lowest BCUT2D eigenvalue weighted by Crippen LogP contribution is -2.58. The van der Waals surface area contributed by atoms with E-state index < -0.39 is 0 Å². The summed E-state index contributed by atoms with van der Waals surface area (Å²) >= 11 is 0. The Morgan fingerprint density at radius 2 is 1.58 bits per heavy atom. The monoisotopic (exact) mass is 432 g/mol. The number of ether oxygens (including phenoxy) is 2. The molecule has 4 unspecified atom stereocenters. The number of aliphatic hydroxyl groups excluding tert-OH is 2. The fourth-order valence-corrected chi connectivity index (χ4v) is 10.3. The fraction of sp³-hybridized carbons (Fsp3) is 1.00. The first-order valence-electron chi connectivity index (χ1n) is 13.4. The molecule has 6 rings (SSSR count). The minimum atomic E-state index is -0.338. The molecule has 0 aromatic carbocycles. The molecule has 0 amide bonds. The first-order chi connectivity index (χ1) is 14.7. The molecule has 6 aliphatic rings. The van der Waals surface area contributed by atoms with E-state index in [0.717, 1.165) is 45.1 Å². The van der Waals surface area contributed by atoms with Crippen LogP contribution in [-0.4, -0.2) is 40.9 Å². The Morgan fingerprint density at radius 3 is 2.32 bits per heavy atom. The maximum absolute atomic E-state index is 11.2. The molecule has 1 spiro atoms. The SMILES string of the molecule is CC1CC[C@@]2(OC1)O[C@H]1CC3C4C[C@@H](O)[C@H]5C[C@@H](O)CC[C@]5(C)C4CC[C@]3(C)[C@H]1[C@@H]2C. The Kier molecular flexibility index (Phi) is 4.78. The second-order valence-electron chi connectivity index (χ2n) is 13.2. The quantitative estimate of drug-likeness (QED) is 0.579. The highest BCUT2D eigenvalue weighted by Crippen LogP contribution is 2.71. The van der Waals surface area contributed by atoms with E-state index in [4.69, 9.17) is 9.47 Å². The second-order valence-corrected chi connectivity index (χ2v) is 13.2. The molecule has 4 nitrogen and oxygen atoms in total. The molecule has 2 saturated heterocycles. The molecule has 31 heavy (non-hydrogen) atoms. The molecule has 2 N–H and O–H groups in total. The maximum Gasteiger partial charge on any atom is 0.171 e. The highest BCUT2D eigenvalue weighted by Gasteiger charge is 2.69. The van der Waals surface area contributed by atoms with E-state index in [1.165, 1.54) is 19.3 Å². The summed E-state index contributed by atoms with van der Waals surface area (Å²) in [5.74, 6) is 3.58. The zero-order valence-corrected chi connectivity index (χ0v) is 20.1. The van der Waals surface area contributed by atoms with Crippen LogP contribution in [0, 0.1) is 52.3 Å². The van der Waals surface area contributed by atoms with Crippen molar-refractivity contribution >= 4 is 0 Å². The zero-order chi connectivity index (χ0) is 21.8. The zero-order valence-electron chi connectivity index (χ0n) is 20.1. The van der Waals surface area contributed by atoms with Gasteiger partial charge in [-0.25, -0.2) is 0 Å². The average Bonchev–Trinajstić information content (AvgIpc) is 3.17. The van der Waals surface area contributed by atoms with Gasteiger partial charge in [-0.05, 0) is 97.7 Å². The highest BCUT2D eigenvalue weighted by atomic mass is 16.7. The van der Waals surface area contributed by atoms with Crippen LogP contribution < -0.4 is 0 Å². The number of hydrogen-bond donors (Lipinski definition) is 2. The van der Waals surface area contributed by atoms with Gasteiger partial charge in [-0.2, -0.15) is 0 Å². The molecule has 0 aromatic heterocycles. The molecular weight excluding hydrogens is 388 g/mol. The summed E-state index contributed by atoms with van der Waals surface area (Å²) in [6.07, 6.45) is 9.58. The Balaban J connectivity index is 1.28. The van der Waals surface area contributed by atoms with Crippen molar-refractivity contribution in [3.63, 3.8) is 0 Å². The van der Waals surface area contributed by atoms with E-state index in [-0.39, 0.29) is 29.3 Å². The van der Waals surface area contributed by atoms with Crippen LogP contribution in [0.5, 0.6) is 0 Å². The summed E-state index contributed by atoms with van der Waals surface area (Å²) in [5, 5.41) is 21.5. The van der Waals surface area contributed by atoms with Crippen molar-refractivity contribution in [1.82, 2.24) is 0 Å². The largest absolute Gasteiger partial charge is 0.393 e. The van der Waals surface area contributed by atoms with Gasteiger partial charge in [0.05, 0.1) is 24.9 Å². The van der Waals surface area contributed by atoms with Crippen LogP contribution in [0.15, 0.2) is 0 Å². The van der Waals surface area contributed by atoms with Crippen molar-refractivity contribution in [2.24, 2.45) is 52.3 Å². The van der Waals surface area contributed by atoms with Crippen LogP contribution in [0.4, 0.5) is 0 Å². The summed E-state index contributed by atoms with van der Waals surface area (Å²) in [4.78, 5) is 0. The first kappa shape index (κ1) is 21.4. The van der Waals surface area contributed by atoms with Gasteiger partial charge in [0.25, 0.3) is 0 Å². The molecule has 6 fully saturated rings. The molecule has 0 aromatic rings. The fourth-order valence-electron chi connectivity index (χ4n) is 10.3. The summed E-state index contributed by atoms with van der Waals surface area (Å²) < 4.78 is 13.3. The predicted octanol–water partition coefficient (Wildman–Crippen LogP) is 4.76. The minimum absolute atomic E-state index is 0.191. The lowest BCUT2D eigenvalue weighted by molar-refractivity contribution is -0.273. The Bertz CT molecular complexity index is 716. The summed E-state index contributed by atoms with van der Waals surface area (Å²) in [6.45, 7) is 10.6. The van der Waals surface area contributed by atoms with Crippen molar-refractivity contribution < 1.29 is 19.7 Å². The lowest BCUT2D eigenvalue weighted by atomic mass is 9.43. The van der Waals surface area contributed by atoms with Gasteiger partial charge in [0.1, 0.15) is 0 Å². The van der Waals surface area contributed by atoms with Gasteiger partial charge in [0.15, 0.2) is 5.79 Å². The van der Waals surface area contributed by atoms with Crippen molar-refractivity contribution in [2.45, 2.75) is 110 Å². The standard InChI is InChI=1S/C27H44O4/c1-15-5-10-27(30-14-15)16(2)24-23(31-27)13-20-18-12-22(29)21-11-17(28)6-8-25(21,3)19(18)7-9-26(20,24)4/h15-24,28-29H,5-14H2,1-4H3/t15?,16-,17-,18?,19?,20?,21+,22+,23-,24-,25+,26-,27+/m0/s1. The second kappa shape index (κ2) is 6.93. The molecule has 2 aliphatic heterocycles. The first-order valence-corrected chi connectivity index (χ1v) is 13.4. The molecular formula is C27H44O4. The van der Waals surface area contributed by atoms with Crippen LogP contribution in [0.3, 0.4) is 0 Å². The van der Waals surface area contributed by atoms with Gasteiger partial charge in [-0.15, -0.1) is 0 Å². The van der Waals surface area contributed by atoms with E-state index in [1.807, 2.05) is 0 Å². The molecule has 176 valence electrons. The van der Waals surface area contributed by atoms with E-state index in [0.29, 0.717) is 47.0 Å². The van der Waals surface area contributed by atoms with E-state index in [1.54, 1.807) is 0 Å². The van der Waals surface area contributed by atoms with Crippen LogP contribution in [0.1, 0.15) is 85.5 Å². The van der Waals surface area contributed by atoms with Crippen LogP contribution in [0.25, 0.3) is 0 Å². The van der Waals surface area contributed by atoms with E-state index in [9.17, 15) is 10.2 Å². The topological polar surface area (TPSA) is 58.9 Å². The molecule has 4 heteroatoms. The van der Waals surface area contributed by atoms with Crippen molar-refractivity contribution in [3.05, 3.63) is 0 Å². The molecule has 4 saturated carbocycles. The highest BCUT2D eigenvalue weighted by molar-refractivity contribution is 5.16. The van der Waals surface area contributed by atoms with Crippen LogP contribution in [0.2, 0.25) is 0 Å². The Labute approximate surface area is 188 Å². The molecule has 4 aliphatic carbocycles. The molecule has 2 heterocycles. The van der Waals surface area contributed by atoms with Crippen LogP contribution >= 0.6 is 0 Å². The van der Waals surface area contributed by atoms with Crippen molar-refractivity contribution in [1.29, 1.82) is 0 Å². The third-order valence-electron chi connectivity index (χ3n) is 11.9. The number of hydrogen-bond acceptors (Lipinski definition) is 4. The Morgan fingerprint density at radius 1 is 0.806 bits per heavy atom. The molecule has 0 radical (unpaired) electrons. The van der Waals surface area contributed by atoms with Gasteiger partial charge in [-0.3, -0.25) is 0 Å². The summed E-state index contributed by atoms with van der Waals surface area (Å²) in [5.41, 5.74) is 0.495.